The van der Waals surface area contributed by atoms with Gasteiger partial charge in [-0.05, 0) is 81.0 Å². The zero-order chi connectivity index (χ0) is 18.4. The van der Waals surface area contributed by atoms with Gasteiger partial charge in [-0.2, -0.15) is 4.99 Å². The van der Waals surface area contributed by atoms with E-state index in [1.54, 1.807) is 12.1 Å². The van der Waals surface area contributed by atoms with E-state index in [2.05, 4.69) is 36.9 Å². The Kier molecular flexibility index (Phi) is 6.73. The zero-order valence-electron chi connectivity index (χ0n) is 15.2. The first kappa shape index (κ1) is 19.1. The molecule has 25 heavy (non-hydrogen) atoms. The van der Waals surface area contributed by atoms with Gasteiger partial charge in [0.1, 0.15) is 5.75 Å². The first-order valence-electron chi connectivity index (χ1n) is 8.29. The molecule has 0 atom stereocenters. The van der Waals surface area contributed by atoms with Crippen LogP contribution in [0.3, 0.4) is 0 Å². The summed E-state index contributed by atoms with van der Waals surface area (Å²) in [7, 11) is 2.12. The molecule has 134 valence electrons. The number of nitrogens with two attached hydrogens (primary N) is 1. The molecule has 0 aliphatic carbocycles. The molecular formula is C19H25N3O2S. The van der Waals surface area contributed by atoms with E-state index in [0.29, 0.717) is 11.5 Å². The van der Waals surface area contributed by atoms with Crippen LogP contribution in [0.4, 0.5) is 0 Å². The smallest absolute Gasteiger partial charge is 0.291 e. The van der Waals surface area contributed by atoms with Crippen LogP contribution in [0.1, 0.15) is 29.4 Å². The van der Waals surface area contributed by atoms with Crippen molar-refractivity contribution in [3.8, 4) is 5.75 Å². The molecule has 1 heterocycles. The summed E-state index contributed by atoms with van der Waals surface area (Å²) in [5.41, 5.74) is 9.36. The zero-order valence-corrected chi connectivity index (χ0v) is 16.0. The number of amidine groups is 1. The van der Waals surface area contributed by atoms with E-state index in [-0.39, 0.29) is 11.0 Å². The Morgan fingerprint density at radius 3 is 2.72 bits per heavy atom. The second-order valence-corrected chi connectivity index (χ2v) is 6.38. The second kappa shape index (κ2) is 8.78. The van der Waals surface area contributed by atoms with Gasteiger partial charge in [0.15, 0.2) is 11.6 Å². The Balaban J connectivity index is 2.08. The fourth-order valence-corrected chi connectivity index (χ4v) is 2.58. The highest BCUT2D eigenvalue weighted by Gasteiger charge is 2.10. The summed E-state index contributed by atoms with van der Waals surface area (Å²) in [6, 6.07) is 7.61. The maximum absolute atomic E-state index is 5.85. The third-order valence-corrected chi connectivity index (χ3v) is 4.29. The molecule has 0 aliphatic rings. The van der Waals surface area contributed by atoms with Gasteiger partial charge in [-0.1, -0.05) is 13.0 Å². The average molecular weight is 359 g/mol. The van der Waals surface area contributed by atoms with Gasteiger partial charge in [-0.15, -0.1) is 0 Å². The first-order chi connectivity index (χ1) is 11.9. The lowest BCUT2D eigenvalue weighted by Crippen LogP contribution is -2.20. The third kappa shape index (κ3) is 5.41. The van der Waals surface area contributed by atoms with Gasteiger partial charge in [-0.3, -0.25) is 0 Å². The molecule has 1 aromatic carbocycles. The van der Waals surface area contributed by atoms with Crippen molar-refractivity contribution in [2.75, 3.05) is 20.1 Å². The monoisotopic (exact) mass is 359 g/mol. The highest BCUT2D eigenvalue weighted by atomic mass is 32.1. The molecule has 0 saturated carbocycles. The van der Waals surface area contributed by atoms with Crippen molar-refractivity contribution >= 4 is 23.2 Å². The quantitative estimate of drug-likeness (QED) is 0.486. The summed E-state index contributed by atoms with van der Waals surface area (Å²) in [6.07, 6.45) is 2.54. The highest BCUT2D eigenvalue weighted by molar-refractivity contribution is 7.80. The Morgan fingerprint density at radius 1 is 1.32 bits per heavy atom. The van der Waals surface area contributed by atoms with Gasteiger partial charge >= 0.3 is 0 Å². The number of aliphatic imine (C=N–C) groups is 1. The van der Waals surface area contributed by atoms with Crippen LogP contribution < -0.4 is 10.5 Å². The number of thiocarbonyl (C=S) groups is 1. The van der Waals surface area contributed by atoms with Gasteiger partial charge in [-0.25, -0.2) is 0 Å². The molecule has 0 amide bonds. The standard InChI is InChI=1S/C19H25N3O2S/c1-5-22(4)9-8-15-11-14(3)17(12-13(15)2)24-19(25)21-18(20)16-7-6-10-23-16/h6-7,10-12H,5,8-9H2,1-4H3,(H2,20,21,25). The van der Waals surface area contributed by atoms with E-state index >= 15 is 0 Å². The molecule has 0 saturated heterocycles. The lowest BCUT2D eigenvalue weighted by atomic mass is 10.0. The molecule has 2 rings (SSSR count). The number of likely N-dealkylation sites (N-methyl/N-ethyl adjacent to an activating group) is 1. The van der Waals surface area contributed by atoms with E-state index in [1.807, 2.05) is 13.0 Å². The van der Waals surface area contributed by atoms with Gasteiger partial charge in [0, 0.05) is 6.54 Å². The summed E-state index contributed by atoms with van der Waals surface area (Å²) in [5, 5.41) is 0.0647. The van der Waals surface area contributed by atoms with Crippen LogP contribution >= 0.6 is 12.2 Å². The lowest BCUT2D eigenvalue weighted by molar-refractivity contribution is 0.357. The predicted molar refractivity (Wildman–Crippen MR) is 105 cm³/mol. The molecule has 0 radical (unpaired) electrons. The van der Waals surface area contributed by atoms with Crippen LogP contribution in [-0.2, 0) is 6.42 Å². The van der Waals surface area contributed by atoms with E-state index < -0.39 is 0 Å². The van der Waals surface area contributed by atoms with E-state index in [4.69, 9.17) is 27.1 Å². The number of rotatable bonds is 6. The summed E-state index contributed by atoms with van der Waals surface area (Å²) < 4.78 is 10.9. The lowest BCUT2D eigenvalue weighted by Gasteiger charge is -2.16. The van der Waals surface area contributed by atoms with Crippen molar-refractivity contribution in [3.05, 3.63) is 53.0 Å². The van der Waals surface area contributed by atoms with Crippen molar-refractivity contribution in [2.24, 2.45) is 10.7 Å². The maximum Gasteiger partial charge on any atom is 0.291 e. The summed E-state index contributed by atoms with van der Waals surface area (Å²) in [6.45, 7) is 8.31. The topological polar surface area (TPSA) is 64.0 Å². The normalized spacial score (nSPS) is 11.8. The average Bonchev–Trinajstić information content (AvgIpc) is 3.10. The molecule has 1 aromatic heterocycles. The van der Waals surface area contributed by atoms with Crippen molar-refractivity contribution in [3.63, 3.8) is 0 Å². The fourth-order valence-electron chi connectivity index (χ4n) is 2.39. The molecule has 2 aromatic rings. The van der Waals surface area contributed by atoms with Crippen LogP contribution in [-0.4, -0.2) is 36.0 Å². The maximum atomic E-state index is 5.85. The summed E-state index contributed by atoms with van der Waals surface area (Å²) in [4.78, 5) is 6.37. The molecule has 0 spiro atoms. The van der Waals surface area contributed by atoms with Gasteiger partial charge in [0.05, 0.1) is 6.26 Å². The molecule has 0 aliphatic heterocycles. The largest absolute Gasteiger partial charge is 0.461 e. The van der Waals surface area contributed by atoms with Crippen molar-refractivity contribution < 1.29 is 9.15 Å². The number of ether oxygens (including phenoxy) is 1. The van der Waals surface area contributed by atoms with Crippen molar-refractivity contribution in [1.82, 2.24) is 4.90 Å². The highest BCUT2D eigenvalue weighted by Crippen LogP contribution is 2.24. The molecule has 0 bridgehead atoms. The molecule has 5 nitrogen and oxygen atoms in total. The van der Waals surface area contributed by atoms with E-state index in [1.165, 1.54) is 17.4 Å². The van der Waals surface area contributed by atoms with Crippen LogP contribution in [0, 0.1) is 13.8 Å². The SMILES string of the molecule is CCN(C)CCc1cc(C)c(OC(=S)/N=C(\N)c2ccco2)cc1C. The van der Waals surface area contributed by atoms with Crippen molar-refractivity contribution in [2.45, 2.75) is 27.2 Å². The van der Waals surface area contributed by atoms with Crippen LogP contribution in [0.5, 0.6) is 5.75 Å². The Bertz CT molecular complexity index is 754. The summed E-state index contributed by atoms with van der Waals surface area (Å²) >= 11 is 5.19. The number of furan rings is 1. The first-order valence-corrected chi connectivity index (χ1v) is 8.70. The minimum Gasteiger partial charge on any atom is -0.461 e. The molecule has 0 fully saturated rings. The van der Waals surface area contributed by atoms with E-state index in [9.17, 15) is 0 Å². The fraction of sp³-hybridized carbons (Fsp3) is 0.368. The third-order valence-electron chi connectivity index (χ3n) is 4.12. The van der Waals surface area contributed by atoms with E-state index in [0.717, 1.165) is 25.1 Å². The minimum absolute atomic E-state index is 0.0647. The Hall–Kier alpha value is -2.18. The summed E-state index contributed by atoms with van der Waals surface area (Å²) in [5.74, 6) is 1.36. The van der Waals surface area contributed by atoms with Crippen molar-refractivity contribution in [1.29, 1.82) is 0 Å². The van der Waals surface area contributed by atoms with Crippen LogP contribution in [0.15, 0.2) is 39.9 Å². The number of aryl methyl sites for hydroxylation is 2. The molecule has 0 unspecified atom stereocenters. The Labute approximate surface area is 154 Å². The van der Waals surface area contributed by atoms with Crippen LogP contribution in [0.2, 0.25) is 0 Å². The van der Waals surface area contributed by atoms with Gasteiger partial charge < -0.3 is 19.8 Å². The predicted octanol–water partition coefficient (Wildman–Crippen LogP) is 3.46. The molecule has 2 N–H and O–H groups in total. The number of benzene rings is 1. The van der Waals surface area contributed by atoms with Gasteiger partial charge in [0.2, 0.25) is 0 Å². The number of hydrogen-bond donors (Lipinski definition) is 1. The molecule has 6 heteroatoms. The number of nitrogens with zero attached hydrogens (tertiary/aromatic N) is 2. The Morgan fingerprint density at radius 2 is 2.08 bits per heavy atom. The molecular weight excluding hydrogens is 334 g/mol. The second-order valence-electron chi connectivity index (χ2n) is 6.03. The number of hydrogen-bond acceptors (Lipinski definition) is 4. The van der Waals surface area contributed by atoms with Gasteiger partial charge in [0.25, 0.3) is 5.17 Å². The minimum atomic E-state index is 0.0647. The van der Waals surface area contributed by atoms with Crippen LogP contribution in [0.25, 0.3) is 0 Å².